The molecule has 1 aliphatic carbocycles. The van der Waals surface area contributed by atoms with E-state index in [1.807, 2.05) is 0 Å². The molecule has 0 aromatic carbocycles. The summed E-state index contributed by atoms with van der Waals surface area (Å²) in [5.41, 5.74) is 0. The molecule has 1 heteroatoms. The minimum absolute atomic E-state index is 0.416. The monoisotopic (exact) mass is 94.0 g/mol. The summed E-state index contributed by atoms with van der Waals surface area (Å²) in [5, 5.41) is 8.67. The Balaban J connectivity index is 2.67. The van der Waals surface area contributed by atoms with Crippen molar-refractivity contribution in [1.29, 1.82) is 0 Å². The second-order valence-corrected chi connectivity index (χ2v) is 1.46. The molecule has 0 amide bonds. The van der Waals surface area contributed by atoms with E-state index < -0.39 is 0 Å². The molecule has 36 valence electrons. The summed E-state index contributed by atoms with van der Waals surface area (Å²) >= 11 is 0. The predicted octanol–water partition coefficient (Wildman–Crippen LogP) is 1.23. The van der Waals surface area contributed by atoms with Crippen LogP contribution in [0.5, 0.6) is 0 Å². The molecular weight excluding hydrogens is 88.1 g/mol. The van der Waals surface area contributed by atoms with Gasteiger partial charge in [-0.2, -0.15) is 0 Å². The van der Waals surface area contributed by atoms with Crippen molar-refractivity contribution in [2.75, 3.05) is 0 Å². The van der Waals surface area contributed by atoms with Crippen LogP contribution in [0.15, 0.2) is 11.8 Å². The molecule has 7 heavy (non-hydrogen) atoms. The molecule has 0 saturated heterocycles. The highest BCUT2D eigenvalue weighted by Gasteiger charge is 1.91. The number of rotatable bonds is 0. The first-order chi connectivity index (χ1) is 3.39. The molecule has 0 aromatic rings. The van der Waals surface area contributed by atoms with Crippen molar-refractivity contribution in [2.24, 2.45) is 0 Å². The van der Waals surface area contributed by atoms with E-state index in [0.29, 0.717) is 5.76 Å². The van der Waals surface area contributed by atoms with Crippen molar-refractivity contribution in [3.63, 3.8) is 0 Å². The SMILES string of the molecule is OC1=CC#CCC1. The number of hydrogen-bond acceptors (Lipinski definition) is 1. The van der Waals surface area contributed by atoms with Crippen molar-refractivity contribution in [3.05, 3.63) is 11.8 Å². The summed E-state index contributed by atoms with van der Waals surface area (Å²) in [6.45, 7) is 0. The quantitative estimate of drug-likeness (QED) is 0.447. The van der Waals surface area contributed by atoms with E-state index in [4.69, 9.17) is 5.11 Å². The van der Waals surface area contributed by atoms with Crippen LogP contribution in [-0.2, 0) is 0 Å². The van der Waals surface area contributed by atoms with Crippen molar-refractivity contribution in [3.8, 4) is 11.8 Å². The summed E-state index contributed by atoms with van der Waals surface area (Å²) in [5.74, 6) is 5.92. The fraction of sp³-hybridized carbons (Fsp3) is 0.333. The molecule has 1 rings (SSSR count). The molecule has 0 spiro atoms. The Bertz CT molecular complexity index is 145. The van der Waals surface area contributed by atoms with E-state index in [-0.39, 0.29) is 0 Å². The van der Waals surface area contributed by atoms with Gasteiger partial charge in [0.15, 0.2) is 0 Å². The zero-order chi connectivity index (χ0) is 5.11. The molecule has 1 aliphatic rings. The van der Waals surface area contributed by atoms with Gasteiger partial charge in [0.05, 0.1) is 0 Å². The average molecular weight is 94.1 g/mol. The maximum Gasteiger partial charge on any atom is 0.101 e. The Morgan fingerprint density at radius 1 is 1.71 bits per heavy atom. The molecule has 0 bridgehead atoms. The van der Waals surface area contributed by atoms with Crippen molar-refractivity contribution < 1.29 is 5.11 Å². The van der Waals surface area contributed by atoms with Gasteiger partial charge in [0.1, 0.15) is 5.76 Å². The highest BCUT2D eigenvalue weighted by molar-refractivity contribution is 5.22. The maximum absolute atomic E-state index is 8.67. The molecule has 0 atom stereocenters. The molecule has 0 heterocycles. The zero-order valence-electron chi connectivity index (χ0n) is 3.94. The largest absolute Gasteiger partial charge is 0.512 e. The molecular formula is C6H6O. The lowest BCUT2D eigenvalue weighted by Gasteiger charge is -1.93. The van der Waals surface area contributed by atoms with E-state index in [9.17, 15) is 0 Å². The van der Waals surface area contributed by atoms with Crippen LogP contribution in [0.25, 0.3) is 0 Å². The van der Waals surface area contributed by atoms with Crippen LogP contribution in [0.1, 0.15) is 12.8 Å². The van der Waals surface area contributed by atoms with Gasteiger partial charge in [0.25, 0.3) is 0 Å². The molecule has 0 fully saturated rings. The fourth-order valence-corrected chi connectivity index (χ4v) is 0.469. The first-order valence-corrected chi connectivity index (χ1v) is 2.26. The first-order valence-electron chi connectivity index (χ1n) is 2.26. The minimum atomic E-state index is 0.416. The molecule has 1 N–H and O–H groups in total. The van der Waals surface area contributed by atoms with Crippen LogP contribution >= 0.6 is 0 Å². The topological polar surface area (TPSA) is 20.2 Å². The third kappa shape index (κ3) is 0.972. The van der Waals surface area contributed by atoms with Crippen LogP contribution in [0.2, 0.25) is 0 Å². The number of hydrogen-bond donors (Lipinski definition) is 1. The Morgan fingerprint density at radius 3 is 2.86 bits per heavy atom. The minimum Gasteiger partial charge on any atom is -0.512 e. The van der Waals surface area contributed by atoms with Crippen molar-refractivity contribution in [2.45, 2.75) is 12.8 Å². The van der Waals surface area contributed by atoms with E-state index in [1.54, 1.807) is 6.08 Å². The first kappa shape index (κ1) is 4.26. The lowest BCUT2D eigenvalue weighted by Crippen LogP contribution is -1.82. The number of aliphatic hydroxyl groups excluding tert-OH is 1. The van der Waals surface area contributed by atoms with Crippen LogP contribution in [-0.4, -0.2) is 5.11 Å². The number of aliphatic hydroxyl groups is 1. The smallest absolute Gasteiger partial charge is 0.101 e. The molecule has 0 aliphatic heterocycles. The standard InChI is InChI=1S/C6H6O/c7-6-4-2-1-3-5-6/h5,7H,2,4H2. The Hall–Kier alpha value is -0.900. The third-order valence-electron chi connectivity index (χ3n) is 0.847. The Kier molecular flexibility index (Phi) is 1.04. The van der Waals surface area contributed by atoms with Gasteiger partial charge in [0, 0.05) is 18.9 Å². The summed E-state index contributed by atoms with van der Waals surface area (Å²) in [6, 6.07) is 0. The van der Waals surface area contributed by atoms with Crippen LogP contribution in [0.4, 0.5) is 0 Å². The Labute approximate surface area is 42.7 Å². The molecule has 1 nitrogen and oxygen atoms in total. The summed E-state index contributed by atoms with van der Waals surface area (Å²) in [4.78, 5) is 0. The van der Waals surface area contributed by atoms with Crippen LogP contribution < -0.4 is 0 Å². The van der Waals surface area contributed by atoms with Gasteiger partial charge in [-0.1, -0.05) is 11.8 Å². The summed E-state index contributed by atoms with van der Waals surface area (Å²) in [6.07, 6.45) is 3.08. The van der Waals surface area contributed by atoms with Gasteiger partial charge in [-0.25, -0.2) is 0 Å². The van der Waals surface area contributed by atoms with Gasteiger partial charge >= 0.3 is 0 Å². The lowest BCUT2D eigenvalue weighted by atomic mass is 10.2. The van der Waals surface area contributed by atoms with Crippen LogP contribution in [0.3, 0.4) is 0 Å². The van der Waals surface area contributed by atoms with Crippen molar-refractivity contribution in [1.82, 2.24) is 0 Å². The lowest BCUT2D eigenvalue weighted by molar-refractivity contribution is 0.389. The maximum atomic E-state index is 8.67. The zero-order valence-corrected chi connectivity index (χ0v) is 3.94. The van der Waals surface area contributed by atoms with Gasteiger partial charge in [-0.15, -0.1) is 0 Å². The summed E-state index contributed by atoms with van der Waals surface area (Å²) in [7, 11) is 0. The predicted molar refractivity (Wildman–Crippen MR) is 27.7 cm³/mol. The highest BCUT2D eigenvalue weighted by Crippen LogP contribution is 2.01. The van der Waals surface area contributed by atoms with Gasteiger partial charge in [-0.3, -0.25) is 0 Å². The molecule has 0 aromatic heterocycles. The normalized spacial score (nSPS) is 16.9. The Morgan fingerprint density at radius 2 is 2.57 bits per heavy atom. The number of allylic oxidation sites excluding steroid dienone is 2. The molecule has 0 radical (unpaired) electrons. The van der Waals surface area contributed by atoms with Gasteiger partial charge < -0.3 is 5.11 Å². The van der Waals surface area contributed by atoms with E-state index in [2.05, 4.69) is 11.8 Å². The summed E-state index contributed by atoms with van der Waals surface area (Å²) < 4.78 is 0. The van der Waals surface area contributed by atoms with Crippen molar-refractivity contribution >= 4 is 0 Å². The molecule has 0 unspecified atom stereocenters. The highest BCUT2D eigenvalue weighted by atomic mass is 16.3. The fourth-order valence-electron chi connectivity index (χ4n) is 0.469. The van der Waals surface area contributed by atoms with Gasteiger partial charge in [-0.05, 0) is 0 Å². The second kappa shape index (κ2) is 1.70. The third-order valence-corrected chi connectivity index (χ3v) is 0.847. The van der Waals surface area contributed by atoms with E-state index >= 15 is 0 Å². The van der Waals surface area contributed by atoms with Gasteiger partial charge in [0.2, 0.25) is 0 Å². The average Bonchev–Trinajstić information content (AvgIpc) is 1.69. The molecule has 0 saturated carbocycles. The van der Waals surface area contributed by atoms with E-state index in [0.717, 1.165) is 12.8 Å². The van der Waals surface area contributed by atoms with E-state index in [1.165, 1.54) is 0 Å². The second-order valence-electron chi connectivity index (χ2n) is 1.46. The van der Waals surface area contributed by atoms with Crippen LogP contribution in [0, 0.1) is 11.8 Å².